The summed E-state index contributed by atoms with van der Waals surface area (Å²) in [6.45, 7) is 0.669. The summed E-state index contributed by atoms with van der Waals surface area (Å²) >= 11 is 0. The summed E-state index contributed by atoms with van der Waals surface area (Å²) in [6, 6.07) is 6.28. The number of hydrogen-bond acceptors (Lipinski definition) is 4. The van der Waals surface area contributed by atoms with Crippen molar-refractivity contribution in [2.24, 2.45) is 0 Å². The fourth-order valence-corrected chi connectivity index (χ4v) is 3.29. The summed E-state index contributed by atoms with van der Waals surface area (Å²) in [6.07, 6.45) is 1.62. The molecule has 0 saturated carbocycles. The maximum Gasteiger partial charge on any atom is 0.180 e. The summed E-state index contributed by atoms with van der Waals surface area (Å²) in [5.74, 6) is 0.0664. The molecule has 16 heavy (non-hydrogen) atoms. The molecule has 4 nitrogen and oxygen atoms in total. The first kappa shape index (κ1) is 11.4. The molecule has 0 aliphatic carbocycles. The van der Waals surface area contributed by atoms with Gasteiger partial charge in [-0.15, -0.1) is 0 Å². The fraction of sp³-hybridized carbons (Fsp3) is 0.455. The van der Waals surface area contributed by atoms with Gasteiger partial charge in [0.05, 0.1) is 16.8 Å². The lowest BCUT2D eigenvalue weighted by atomic mass is 10.3. The molecule has 0 aromatic heterocycles. The van der Waals surface area contributed by atoms with Crippen LogP contribution in [0.1, 0.15) is 12.8 Å². The van der Waals surface area contributed by atoms with Gasteiger partial charge in [0, 0.05) is 12.3 Å². The van der Waals surface area contributed by atoms with Crippen LogP contribution in [0.15, 0.2) is 29.2 Å². The van der Waals surface area contributed by atoms with E-state index in [2.05, 4.69) is 0 Å². The number of ether oxygens (including phenoxy) is 1. The summed E-state index contributed by atoms with van der Waals surface area (Å²) < 4.78 is 29.3. The van der Waals surface area contributed by atoms with Crippen molar-refractivity contribution in [2.45, 2.75) is 23.8 Å². The number of benzene rings is 1. The van der Waals surface area contributed by atoms with E-state index in [0.717, 1.165) is 12.8 Å². The van der Waals surface area contributed by atoms with Gasteiger partial charge in [0.2, 0.25) is 0 Å². The Balaban J connectivity index is 2.14. The Morgan fingerprint density at radius 2 is 2.00 bits per heavy atom. The molecule has 1 aromatic carbocycles. The Bertz CT molecular complexity index is 447. The molecule has 0 amide bonds. The van der Waals surface area contributed by atoms with Gasteiger partial charge < -0.3 is 10.5 Å². The minimum atomic E-state index is -3.24. The van der Waals surface area contributed by atoms with Gasteiger partial charge in [0.1, 0.15) is 0 Å². The summed E-state index contributed by atoms with van der Waals surface area (Å²) in [4.78, 5) is 0.317. The number of rotatable bonds is 3. The van der Waals surface area contributed by atoms with E-state index in [0.29, 0.717) is 17.2 Å². The third-order valence-electron chi connectivity index (χ3n) is 2.67. The van der Waals surface area contributed by atoms with Crippen LogP contribution >= 0.6 is 0 Å². The Morgan fingerprint density at radius 3 is 2.56 bits per heavy atom. The molecule has 0 spiro atoms. The average Bonchev–Trinajstić information content (AvgIpc) is 2.70. The predicted molar refractivity (Wildman–Crippen MR) is 61.9 cm³/mol. The van der Waals surface area contributed by atoms with Gasteiger partial charge in [0.25, 0.3) is 0 Å². The van der Waals surface area contributed by atoms with Crippen molar-refractivity contribution in [3.05, 3.63) is 24.3 Å². The van der Waals surface area contributed by atoms with Crippen molar-refractivity contribution in [2.75, 3.05) is 18.1 Å². The summed E-state index contributed by atoms with van der Waals surface area (Å²) in [7, 11) is -3.24. The molecule has 1 atom stereocenters. The van der Waals surface area contributed by atoms with Crippen LogP contribution in [0.2, 0.25) is 0 Å². The third kappa shape index (κ3) is 2.54. The maximum absolute atomic E-state index is 12.0. The molecular formula is C11H15NO3S. The predicted octanol–water partition coefficient (Wildman–Crippen LogP) is 1.22. The topological polar surface area (TPSA) is 69.4 Å². The van der Waals surface area contributed by atoms with Crippen molar-refractivity contribution in [1.29, 1.82) is 0 Å². The lowest BCUT2D eigenvalue weighted by molar-refractivity contribution is 0.127. The molecule has 1 fully saturated rings. The van der Waals surface area contributed by atoms with Crippen LogP contribution in [0.3, 0.4) is 0 Å². The van der Waals surface area contributed by atoms with E-state index in [1.165, 1.54) is 0 Å². The number of hydrogen-bond donors (Lipinski definition) is 1. The van der Waals surface area contributed by atoms with Crippen LogP contribution in [-0.4, -0.2) is 26.9 Å². The molecule has 0 radical (unpaired) electrons. The zero-order chi connectivity index (χ0) is 11.6. The van der Waals surface area contributed by atoms with E-state index in [1.807, 2.05) is 0 Å². The molecule has 1 aliphatic rings. The van der Waals surface area contributed by atoms with E-state index in [-0.39, 0.29) is 11.9 Å². The SMILES string of the molecule is Nc1ccc(S(=O)(=O)C[C@H]2CCCO2)cc1. The Labute approximate surface area is 95.3 Å². The molecule has 2 rings (SSSR count). The van der Waals surface area contributed by atoms with Crippen LogP contribution in [0.5, 0.6) is 0 Å². The highest BCUT2D eigenvalue weighted by Crippen LogP contribution is 2.19. The molecule has 1 aliphatic heterocycles. The van der Waals surface area contributed by atoms with Crippen molar-refractivity contribution < 1.29 is 13.2 Å². The Hall–Kier alpha value is -1.07. The van der Waals surface area contributed by atoms with E-state index < -0.39 is 9.84 Å². The molecule has 2 N–H and O–H groups in total. The molecule has 1 saturated heterocycles. The smallest absolute Gasteiger partial charge is 0.180 e. The largest absolute Gasteiger partial charge is 0.399 e. The highest BCUT2D eigenvalue weighted by atomic mass is 32.2. The quantitative estimate of drug-likeness (QED) is 0.808. The zero-order valence-corrected chi connectivity index (χ0v) is 9.74. The minimum Gasteiger partial charge on any atom is -0.399 e. The second-order valence-electron chi connectivity index (χ2n) is 3.99. The monoisotopic (exact) mass is 241 g/mol. The van der Waals surface area contributed by atoms with Gasteiger partial charge >= 0.3 is 0 Å². The molecular weight excluding hydrogens is 226 g/mol. The molecule has 5 heteroatoms. The van der Waals surface area contributed by atoms with E-state index in [1.54, 1.807) is 24.3 Å². The average molecular weight is 241 g/mol. The number of sulfone groups is 1. The van der Waals surface area contributed by atoms with Gasteiger partial charge in [-0.1, -0.05) is 0 Å². The van der Waals surface area contributed by atoms with Gasteiger partial charge in [-0.2, -0.15) is 0 Å². The molecule has 1 aromatic rings. The van der Waals surface area contributed by atoms with Crippen LogP contribution in [0.25, 0.3) is 0 Å². The Kier molecular flexibility index (Phi) is 3.16. The highest BCUT2D eigenvalue weighted by molar-refractivity contribution is 7.91. The van der Waals surface area contributed by atoms with E-state index in [9.17, 15) is 8.42 Å². The van der Waals surface area contributed by atoms with Gasteiger partial charge in [-0.25, -0.2) is 8.42 Å². The number of nitrogen functional groups attached to an aromatic ring is 1. The minimum absolute atomic E-state index is 0.0664. The van der Waals surface area contributed by atoms with Gasteiger partial charge in [-0.3, -0.25) is 0 Å². The van der Waals surface area contributed by atoms with Crippen LogP contribution in [0, 0.1) is 0 Å². The first-order valence-electron chi connectivity index (χ1n) is 5.28. The lowest BCUT2D eigenvalue weighted by Crippen LogP contribution is -2.20. The number of nitrogens with two attached hydrogens (primary N) is 1. The third-order valence-corrected chi connectivity index (χ3v) is 4.47. The summed E-state index contributed by atoms with van der Waals surface area (Å²) in [5, 5.41) is 0. The molecule has 1 heterocycles. The standard InChI is InChI=1S/C11H15NO3S/c12-9-3-5-11(6-4-9)16(13,14)8-10-2-1-7-15-10/h3-6,10H,1-2,7-8,12H2/t10-/m1/s1. The van der Waals surface area contributed by atoms with Gasteiger partial charge in [0.15, 0.2) is 9.84 Å². The Morgan fingerprint density at radius 1 is 1.31 bits per heavy atom. The fourth-order valence-electron chi connectivity index (χ4n) is 1.79. The van der Waals surface area contributed by atoms with Crippen LogP contribution in [-0.2, 0) is 14.6 Å². The van der Waals surface area contributed by atoms with E-state index in [4.69, 9.17) is 10.5 Å². The molecule has 0 unspecified atom stereocenters. The second-order valence-corrected chi connectivity index (χ2v) is 6.02. The van der Waals surface area contributed by atoms with Gasteiger partial charge in [-0.05, 0) is 37.1 Å². The maximum atomic E-state index is 12.0. The second kappa shape index (κ2) is 4.43. The van der Waals surface area contributed by atoms with Crippen molar-refractivity contribution in [1.82, 2.24) is 0 Å². The highest BCUT2D eigenvalue weighted by Gasteiger charge is 2.24. The van der Waals surface area contributed by atoms with Crippen molar-refractivity contribution in [3.8, 4) is 0 Å². The molecule has 88 valence electrons. The van der Waals surface area contributed by atoms with Crippen molar-refractivity contribution >= 4 is 15.5 Å². The van der Waals surface area contributed by atoms with E-state index >= 15 is 0 Å². The normalized spacial score (nSPS) is 21.1. The zero-order valence-electron chi connectivity index (χ0n) is 8.93. The van der Waals surface area contributed by atoms with Crippen LogP contribution < -0.4 is 5.73 Å². The van der Waals surface area contributed by atoms with Crippen molar-refractivity contribution in [3.63, 3.8) is 0 Å². The summed E-state index contributed by atoms with van der Waals surface area (Å²) in [5.41, 5.74) is 6.08. The first-order chi connectivity index (χ1) is 7.58. The van der Waals surface area contributed by atoms with Crippen LogP contribution in [0.4, 0.5) is 5.69 Å². The number of anilines is 1. The first-order valence-corrected chi connectivity index (χ1v) is 6.93. The molecule has 0 bridgehead atoms. The lowest BCUT2D eigenvalue weighted by Gasteiger charge is -2.10.